The Balaban J connectivity index is 1.69. The number of β-amino-alcohol motifs (C(OH)–C–C–N with tert-alkyl or cyclic N) is 1. The largest absolute Gasteiger partial charge is 0.461 e. The van der Waals surface area contributed by atoms with Gasteiger partial charge in [-0.05, 0) is 31.1 Å². The maximum Gasteiger partial charge on any atom is 0.313 e. The van der Waals surface area contributed by atoms with Gasteiger partial charge in [0.15, 0.2) is 0 Å². The Hall–Kier alpha value is -2.68. The summed E-state index contributed by atoms with van der Waals surface area (Å²) in [5.74, 6) is -3.14. The second-order valence-electron chi connectivity index (χ2n) is 9.17. The number of ether oxygens (including phenoxy) is 2. The van der Waals surface area contributed by atoms with E-state index in [9.17, 15) is 19.5 Å². The van der Waals surface area contributed by atoms with Crippen LogP contribution in [0.3, 0.4) is 0 Å². The highest BCUT2D eigenvalue weighted by Gasteiger charge is 2.75. The number of rotatable bonds is 4. The van der Waals surface area contributed by atoms with E-state index in [4.69, 9.17) is 21.1 Å². The van der Waals surface area contributed by atoms with Gasteiger partial charge in [-0.1, -0.05) is 48.9 Å². The van der Waals surface area contributed by atoms with Crippen molar-refractivity contribution in [2.24, 2.45) is 11.8 Å². The number of aliphatic hydroxyl groups is 1. The molecule has 2 saturated heterocycles. The molecule has 1 aromatic rings. The van der Waals surface area contributed by atoms with Crippen molar-refractivity contribution in [1.29, 1.82) is 0 Å². The van der Waals surface area contributed by atoms with E-state index in [-0.39, 0.29) is 32.2 Å². The highest BCUT2D eigenvalue weighted by atomic mass is 35.5. The molecule has 1 aromatic carbocycles. The number of hydrogen-bond acceptors (Lipinski definition) is 6. The molecule has 2 fully saturated rings. The first-order valence-electron chi connectivity index (χ1n) is 11.5. The topological polar surface area (TPSA) is 96.4 Å². The minimum atomic E-state index is -1.38. The molecule has 5 rings (SSSR count). The monoisotopic (exact) mass is 486 g/mol. The summed E-state index contributed by atoms with van der Waals surface area (Å²) < 4.78 is 12.1. The third kappa shape index (κ3) is 3.01. The Morgan fingerprint density at radius 1 is 1.15 bits per heavy atom. The molecule has 1 N–H and O–H groups in total. The lowest BCUT2D eigenvalue weighted by Crippen LogP contribution is -2.56. The van der Waals surface area contributed by atoms with Gasteiger partial charge in [0.2, 0.25) is 5.91 Å². The molecule has 0 radical (unpaired) electrons. The van der Waals surface area contributed by atoms with Crippen molar-refractivity contribution >= 4 is 35.1 Å². The molecule has 0 bridgehead atoms. The molecule has 5 atom stereocenters. The number of esters is 1. The molecule has 180 valence electrons. The highest BCUT2D eigenvalue weighted by molar-refractivity contribution is 6.34. The minimum absolute atomic E-state index is 0.0588. The number of fused-ring (bicyclic) bond motifs is 2. The van der Waals surface area contributed by atoms with Crippen molar-refractivity contribution in [3.63, 3.8) is 0 Å². The van der Waals surface area contributed by atoms with E-state index in [0.29, 0.717) is 17.1 Å². The van der Waals surface area contributed by atoms with E-state index in [1.54, 1.807) is 35.3 Å². The van der Waals surface area contributed by atoms with Gasteiger partial charge >= 0.3 is 5.97 Å². The number of hydrogen-bond donors (Lipinski definition) is 1. The fraction of sp³-hybridized carbons (Fsp3) is 0.480. The minimum Gasteiger partial charge on any atom is -0.461 e. The Bertz CT molecular complexity index is 1100. The smallest absolute Gasteiger partial charge is 0.313 e. The molecule has 0 aliphatic carbocycles. The predicted molar refractivity (Wildman–Crippen MR) is 124 cm³/mol. The Morgan fingerprint density at radius 3 is 2.65 bits per heavy atom. The molecular formula is C25H27ClN2O6. The number of benzene rings is 1. The second kappa shape index (κ2) is 8.22. The third-order valence-electron chi connectivity index (χ3n) is 7.49. The van der Waals surface area contributed by atoms with Crippen LogP contribution in [0.2, 0.25) is 5.02 Å². The number of amides is 2. The van der Waals surface area contributed by atoms with E-state index in [1.165, 1.54) is 4.90 Å². The Morgan fingerprint density at radius 2 is 1.94 bits per heavy atom. The molecule has 1 spiro atoms. The molecule has 2 amide bonds. The maximum atomic E-state index is 14.2. The zero-order valence-electron chi connectivity index (χ0n) is 19.1. The Labute approximate surface area is 202 Å². The van der Waals surface area contributed by atoms with Crippen molar-refractivity contribution in [2.75, 3.05) is 31.2 Å². The number of cyclic esters (lactones) is 1. The fourth-order valence-corrected chi connectivity index (χ4v) is 6.43. The summed E-state index contributed by atoms with van der Waals surface area (Å²) in [5, 5.41) is 10.2. The van der Waals surface area contributed by atoms with Crippen LogP contribution in [0.15, 0.2) is 42.5 Å². The average Bonchev–Trinajstić information content (AvgIpc) is 3.07. The van der Waals surface area contributed by atoms with Gasteiger partial charge in [-0.25, -0.2) is 0 Å². The first-order chi connectivity index (χ1) is 16.3. The number of halogens is 1. The number of anilines is 1. The van der Waals surface area contributed by atoms with E-state index >= 15 is 0 Å². The van der Waals surface area contributed by atoms with Crippen molar-refractivity contribution in [3.8, 4) is 0 Å². The van der Waals surface area contributed by atoms with Crippen molar-refractivity contribution in [1.82, 2.24) is 4.90 Å². The van der Waals surface area contributed by atoms with Gasteiger partial charge in [-0.2, -0.15) is 0 Å². The lowest BCUT2D eigenvalue weighted by atomic mass is 9.73. The van der Waals surface area contributed by atoms with Crippen LogP contribution >= 0.6 is 11.6 Å². The van der Waals surface area contributed by atoms with Crippen LogP contribution in [0.4, 0.5) is 5.69 Å². The van der Waals surface area contributed by atoms with Gasteiger partial charge in [0, 0.05) is 13.1 Å². The van der Waals surface area contributed by atoms with Crippen LogP contribution in [-0.4, -0.2) is 71.3 Å². The van der Waals surface area contributed by atoms with Gasteiger partial charge in [0.1, 0.15) is 29.8 Å². The van der Waals surface area contributed by atoms with Crippen molar-refractivity contribution < 1.29 is 29.0 Å². The molecule has 0 aromatic heterocycles. The van der Waals surface area contributed by atoms with Gasteiger partial charge < -0.3 is 24.4 Å². The van der Waals surface area contributed by atoms with Crippen LogP contribution in [0.5, 0.6) is 0 Å². The molecule has 0 saturated carbocycles. The average molecular weight is 487 g/mol. The van der Waals surface area contributed by atoms with Gasteiger partial charge in [0.05, 0.1) is 23.2 Å². The Kier molecular flexibility index (Phi) is 5.58. The fourth-order valence-electron chi connectivity index (χ4n) is 6.11. The molecular weight excluding hydrogens is 460 g/mol. The van der Waals surface area contributed by atoms with Crippen molar-refractivity contribution in [2.45, 2.75) is 37.5 Å². The molecule has 4 aliphatic rings. The summed E-state index contributed by atoms with van der Waals surface area (Å²) in [4.78, 5) is 44.0. The molecule has 1 unspecified atom stereocenters. The van der Waals surface area contributed by atoms with E-state index in [1.807, 2.05) is 26.0 Å². The number of likely N-dealkylation sites (tertiary alicyclic amines) is 1. The van der Waals surface area contributed by atoms with E-state index in [2.05, 4.69) is 0 Å². The highest BCUT2D eigenvalue weighted by Crippen LogP contribution is 2.58. The zero-order chi connectivity index (χ0) is 24.3. The maximum absolute atomic E-state index is 14.2. The summed E-state index contributed by atoms with van der Waals surface area (Å²) in [5.41, 5.74) is -1.08. The van der Waals surface area contributed by atoms with Crippen LogP contribution in [-0.2, 0) is 23.9 Å². The molecule has 4 aliphatic heterocycles. The van der Waals surface area contributed by atoms with Crippen LogP contribution in [0.25, 0.3) is 0 Å². The van der Waals surface area contributed by atoms with Crippen LogP contribution < -0.4 is 4.90 Å². The molecule has 9 heteroatoms. The van der Waals surface area contributed by atoms with Crippen molar-refractivity contribution in [3.05, 3.63) is 53.1 Å². The summed E-state index contributed by atoms with van der Waals surface area (Å²) >= 11 is 6.50. The number of para-hydroxylation sites is 1. The van der Waals surface area contributed by atoms with Crippen LogP contribution in [0.1, 0.15) is 18.9 Å². The second-order valence-corrected chi connectivity index (χ2v) is 9.57. The summed E-state index contributed by atoms with van der Waals surface area (Å²) in [6.07, 6.45) is 7.51. The zero-order valence-corrected chi connectivity index (χ0v) is 19.8. The summed E-state index contributed by atoms with van der Waals surface area (Å²) in [6.45, 7) is 3.69. The van der Waals surface area contributed by atoms with Crippen LogP contribution in [0, 0.1) is 18.8 Å². The number of nitrogens with zero attached hydrogens (tertiary/aromatic N) is 2. The summed E-state index contributed by atoms with van der Waals surface area (Å²) in [7, 11) is 0. The standard InChI is InChI=1S/C25H27ClN2O6/c1-3-24-9-6-14-33-23(32)18(24)17-21(30)28(12-13-29)20-22(31)27(11-5-10-25(17,20)34-24)19-15(2)7-4-8-16(19)26/h4-10,17-18,20,29H,3,11-14H2,1-2H3/t17-,18+,20?,24-,25-/m0/s1. The number of aryl methyl sites for hydroxylation is 1. The predicted octanol–water partition coefficient (Wildman–Crippen LogP) is 2.02. The molecule has 8 nitrogen and oxygen atoms in total. The van der Waals surface area contributed by atoms with Gasteiger partial charge in [-0.15, -0.1) is 0 Å². The molecule has 4 heterocycles. The van der Waals surface area contributed by atoms with E-state index < -0.39 is 41.0 Å². The quantitative estimate of drug-likeness (QED) is 0.516. The van der Waals surface area contributed by atoms with E-state index in [0.717, 1.165) is 5.56 Å². The van der Waals surface area contributed by atoms with Gasteiger partial charge in [0.25, 0.3) is 5.91 Å². The third-order valence-corrected chi connectivity index (χ3v) is 7.80. The number of aliphatic hydroxyl groups excluding tert-OH is 1. The normalized spacial score (nSPS) is 34.5. The first kappa shape index (κ1) is 23.1. The first-order valence-corrected chi connectivity index (χ1v) is 11.9. The van der Waals surface area contributed by atoms with Gasteiger partial charge in [-0.3, -0.25) is 14.4 Å². The lowest BCUT2D eigenvalue weighted by molar-refractivity contribution is -0.157. The SMILES string of the molecule is CC[C@]12C=CCOC(=O)[C@H]1[C@H]1C(=O)N(CCO)C3C(=O)N(c4c(C)cccc4Cl)CC=C[C@@]31O2. The molecule has 34 heavy (non-hydrogen) atoms. The lowest BCUT2D eigenvalue weighted by Gasteiger charge is -2.38. The number of carbonyl (C=O) groups excluding carboxylic acids is 3. The summed E-state index contributed by atoms with van der Waals surface area (Å²) in [6, 6.07) is 4.32. The number of carbonyl (C=O) groups is 3.